The molecule has 1 aliphatic heterocycles. The fraction of sp³-hybridized carbons (Fsp3) is 0.667. The Morgan fingerprint density at radius 1 is 1.34 bits per heavy atom. The zero-order valence-corrected chi connectivity index (χ0v) is 19.2. The molecule has 1 unspecified atom stereocenters. The number of nitrogens with zero attached hydrogens (tertiary/aromatic N) is 4. The van der Waals surface area contributed by atoms with Crippen molar-refractivity contribution in [1.29, 1.82) is 0 Å². The number of ether oxygens (including phenoxy) is 2. The number of piperidine rings is 1. The monoisotopic (exact) mass is 464 g/mol. The number of halogens is 1. The van der Waals surface area contributed by atoms with Gasteiger partial charge in [0.25, 0.3) is 0 Å². The van der Waals surface area contributed by atoms with Crippen molar-refractivity contribution < 1.29 is 14.3 Å². The SMILES string of the molecule is COCCn1c(C2CC23CCN(C(=O)OC(C)(C)C)CC3)nc2ncc(Br)cc21. The minimum absolute atomic E-state index is 0.203. The van der Waals surface area contributed by atoms with Crippen LogP contribution in [0, 0.1) is 5.41 Å². The number of hydrogen-bond acceptors (Lipinski definition) is 5. The van der Waals surface area contributed by atoms with Crippen LogP contribution in [0.3, 0.4) is 0 Å². The predicted molar refractivity (Wildman–Crippen MR) is 114 cm³/mol. The van der Waals surface area contributed by atoms with Gasteiger partial charge in [0.15, 0.2) is 5.65 Å². The van der Waals surface area contributed by atoms with Gasteiger partial charge in [0, 0.05) is 43.3 Å². The first-order valence-electron chi connectivity index (χ1n) is 10.2. The van der Waals surface area contributed by atoms with Crippen molar-refractivity contribution in [2.75, 3.05) is 26.8 Å². The van der Waals surface area contributed by atoms with E-state index in [0.717, 1.165) is 60.4 Å². The second-order valence-electron chi connectivity index (χ2n) is 9.20. The van der Waals surface area contributed by atoms with E-state index in [1.807, 2.05) is 25.7 Å². The molecule has 1 saturated heterocycles. The Morgan fingerprint density at radius 3 is 2.72 bits per heavy atom. The molecule has 2 aromatic rings. The van der Waals surface area contributed by atoms with Gasteiger partial charge in [-0.1, -0.05) is 0 Å². The van der Waals surface area contributed by atoms with Gasteiger partial charge in [0.05, 0.1) is 12.1 Å². The number of rotatable bonds is 4. The van der Waals surface area contributed by atoms with Gasteiger partial charge in [-0.05, 0) is 67.4 Å². The van der Waals surface area contributed by atoms with Gasteiger partial charge in [0.2, 0.25) is 0 Å². The van der Waals surface area contributed by atoms with Crippen LogP contribution in [0.5, 0.6) is 0 Å². The van der Waals surface area contributed by atoms with E-state index >= 15 is 0 Å². The van der Waals surface area contributed by atoms with Crippen molar-refractivity contribution in [1.82, 2.24) is 19.4 Å². The van der Waals surface area contributed by atoms with E-state index in [0.29, 0.717) is 12.5 Å². The van der Waals surface area contributed by atoms with E-state index in [1.165, 1.54) is 0 Å². The molecule has 158 valence electrons. The lowest BCUT2D eigenvalue weighted by molar-refractivity contribution is 0.0169. The number of amides is 1. The minimum Gasteiger partial charge on any atom is -0.444 e. The molecule has 7 nitrogen and oxygen atoms in total. The molecule has 3 heterocycles. The van der Waals surface area contributed by atoms with Crippen LogP contribution in [0.1, 0.15) is 51.8 Å². The molecule has 1 amide bonds. The van der Waals surface area contributed by atoms with Crippen molar-refractivity contribution in [2.24, 2.45) is 5.41 Å². The van der Waals surface area contributed by atoms with E-state index < -0.39 is 5.60 Å². The molecule has 1 atom stereocenters. The highest BCUT2D eigenvalue weighted by atomic mass is 79.9. The highest BCUT2D eigenvalue weighted by Gasteiger charge is 2.58. The molecule has 2 aromatic heterocycles. The van der Waals surface area contributed by atoms with Gasteiger partial charge < -0.3 is 18.9 Å². The Bertz CT molecular complexity index is 913. The number of likely N-dealkylation sites (tertiary alicyclic amines) is 1. The number of methoxy groups -OCH3 is 1. The Kier molecular flexibility index (Phi) is 5.36. The normalized spacial score (nSPS) is 21.0. The molecule has 0 aromatic carbocycles. The predicted octanol–water partition coefficient (Wildman–Crippen LogP) is 4.34. The van der Waals surface area contributed by atoms with Crippen molar-refractivity contribution in [3.8, 4) is 0 Å². The molecule has 1 saturated carbocycles. The van der Waals surface area contributed by atoms with Crippen LogP contribution in [-0.4, -0.2) is 57.9 Å². The first-order chi connectivity index (χ1) is 13.7. The quantitative estimate of drug-likeness (QED) is 0.672. The summed E-state index contributed by atoms with van der Waals surface area (Å²) in [7, 11) is 1.72. The molecular formula is C21H29BrN4O3. The number of imidazole rings is 1. The summed E-state index contributed by atoms with van der Waals surface area (Å²) in [6.07, 6.45) is 4.68. The van der Waals surface area contributed by atoms with Crippen LogP contribution in [0.15, 0.2) is 16.7 Å². The Balaban J connectivity index is 1.50. The fourth-order valence-electron chi connectivity index (χ4n) is 4.41. The third-order valence-electron chi connectivity index (χ3n) is 6.03. The van der Waals surface area contributed by atoms with Crippen LogP contribution >= 0.6 is 15.9 Å². The first-order valence-corrected chi connectivity index (χ1v) is 11.0. The summed E-state index contributed by atoms with van der Waals surface area (Å²) in [5.74, 6) is 1.52. The number of carbonyl (C=O) groups is 1. The summed E-state index contributed by atoms with van der Waals surface area (Å²) in [5, 5.41) is 0. The zero-order valence-electron chi connectivity index (χ0n) is 17.6. The van der Waals surface area contributed by atoms with E-state index in [1.54, 1.807) is 13.3 Å². The van der Waals surface area contributed by atoms with Crippen molar-refractivity contribution in [3.63, 3.8) is 0 Å². The molecule has 0 N–H and O–H groups in total. The fourth-order valence-corrected chi connectivity index (χ4v) is 4.73. The summed E-state index contributed by atoms with van der Waals surface area (Å²) in [6.45, 7) is 8.60. The molecule has 4 rings (SSSR count). The zero-order chi connectivity index (χ0) is 20.8. The lowest BCUT2D eigenvalue weighted by Gasteiger charge is -2.34. The van der Waals surface area contributed by atoms with E-state index in [-0.39, 0.29) is 11.5 Å². The summed E-state index contributed by atoms with van der Waals surface area (Å²) < 4.78 is 14.1. The molecule has 2 fully saturated rings. The average Bonchev–Trinajstić information content (AvgIpc) is 3.22. The smallest absolute Gasteiger partial charge is 0.410 e. The number of aromatic nitrogens is 3. The lowest BCUT2D eigenvalue weighted by atomic mass is 9.91. The van der Waals surface area contributed by atoms with E-state index in [2.05, 4.69) is 31.5 Å². The second kappa shape index (κ2) is 7.54. The van der Waals surface area contributed by atoms with Gasteiger partial charge in [-0.15, -0.1) is 0 Å². The third-order valence-corrected chi connectivity index (χ3v) is 6.47. The molecule has 0 bridgehead atoms. The van der Waals surface area contributed by atoms with Crippen LogP contribution in [0.25, 0.3) is 11.2 Å². The maximum absolute atomic E-state index is 12.4. The van der Waals surface area contributed by atoms with Crippen LogP contribution in [-0.2, 0) is 16.0 Å². The maximum Gasteiger partial charge on any atom is 0.410 e. The van der Waals surface area contributed by atoms with Gasteiger partial charge in [-0.2, -0.15) is 0 Å². The standard InChI is InChI=1S/C21H29BrN4O3/c1-20(2,3)29-19(27)25-7-5-21(6-8-25)12-15(21)18-24-17-16(11-14(22)13-23-17)26(18)9-10-28-4/h11,13,15H,5-10,12H2,1-4H3. The Labute approximate surface area is 179 Å². The number of carbonyl (C=O) groups excluding carboxylic acids is 1. The molecule has 29 heavy (non-hydrogen) atoms. The van der Waals surface area contributed by atoms with E-state index in [9.17, 15) is 4.79 Å². The first kappa shape index (κ1) is 20.6. The third kappa shape index (κ3) is 4.14. The molecular weight excluding hydrogens is 436 g/mol. The van der Waals surface area contributed by atoms with Crippen LogP contribution in [0.4, 0.5) is 4.79 Å². The summed E-state index contributed by atoms with van der Waals surface area (Å²) in [4.78, 5) is 23.6. The highest BCUT2D eigenvalue weighted by Crippen LogP contribution is 2.64. The molecule has 8 heteroatoms. The van der Waals surface area contributed by atoms with Crippen LogP contribution < -0.4 is 0 Å². The van der Waals surface area contributed by atoms with Crippen molar-refractivity contribution in [3.05, 3.63) is 22.6 Å². The lowest BCUT2D eigenvalue weighted by Crippen LogP contribution is -2.42. The highest BCUT2D eigenvalue weighted by molar-refractivity contribution is 9.10. The number of pyridine rings is 1. The molecule has 1 spiro atoms. The van der Waals surface area contributed by atoms with Crippen LogP contribution in [0.2, 0.25) is 0 Å². The summed E-state index contributed by atoms with van der Waals surface area (Å²) >= 11 is 3.52. The number of fused-ring (bicyclic) bond motifs is 1. The van der Waals surface area contributed by atoms with Gasteiger partial charge in [-0.3, -0.25) is 0 Å². The van der Waals surface area contributed by atoms with Crippen molar-refractivity contribution >= 4 is 33.2 Å². The largest absolute Gasteiger partial charge is 0.444 e. The summed E-state index contributed by atoms with van der Waals surface area (Å²) in [6, 6.07) is 2.08. The maximum atomic E-state index is 12.4. The van der Waals surface area contributed by atoms with Gasteiger partial charge in [-0.25, -0.2) is 14.8 Å². The Hall–Kier alpha value is -1.67. The Morgan fingerprint density at radius 2 is 2.07 bits per heavy atom. The number of hydrogen-bond donors (Lipinski definition) is 0. The molecule has 1 aliphatic carbocycles. The van der Waals surface area contributed by atoms with Gasteiger partial charge >= 0.3 is 6.09 Å². The topological polar surface area (TPSA) is 69.5 Å². The van der Waals surface area contributed by atoms with Gasteiger partial charge in [0.1, 0.15) is 11.4 Å². The minimum atomic E-state index is -0.457. The average molecular weight is 465 g/mol. The van der Waals surface area contributed by atoms with E-state index in [4.69, 9.17) is 14.5 Å². The van der Waals surface area contributed by atoms with Crippen molar-refractivity contribution in [2.45, 2.75) is 58.1 Å². The summed E-state index contributed by atoms with van der Waals surface area (Å²) in [5.41, 5.74) is 1.61. The molecule has 2 aliphatic rings. The molecule has 0 radical (unpaired) electrons. The second-order valence-corrected chi connectivity index (χ2v) is 10.1.